The van der Waals surface area contributed by atoms with Crippen molar-refractivity contribution >= 4 is 0 Å². The number of nitrogens with two attached hydrogens (primary N) is 1. The number of ether oxygens (including phenoxy) is 1. The Morgan fingerprint density at radius 3 is 2.20 bits per heavy atom. The molecule has 0 saturated carbocycles. The van der Waals surface area contributed by atoms with Crippen molar-refractivity contribution in [3.8, 4) is 0 Å². The molecule has 1 atom stereocenters. The molecule has 2 N–H and O–H groups in total. The van der Waals surface area contributed by atoms with Crippen LogP contribution in [0, 0.1) is 5.41 Å². The molecule has 0 aromatic carbocycles. The van der Waals surface area contributed by atoms with Gasteiger partial charge < -0.3 is 10.5 Å². The standard InChI is InChI=1S/C8H17NO/c1-7(2)8(3,6-9)4-5-10-7/h4-6,9H2,1-3H3/t8-/m0/s1. The van der Waals surface area contributed by atoms with Crippen molar-refractivity contribution in [2.24, 2.45) is 11.1 Å². The lowest BCUT2D eigenvalue weighted by Crippen LogP contribution is -2.42. The minimum absolute atomic E-state index is 0.0260. The van der Waals surface area contributed by atoms with E-state index in [-0.39, 0.29) is 11.0 Å². The zero-order valence-corrected chi connectivity index (χ0v) is 7.11. The Labute approximate surface area is 62.7 Å². The Morgan fingerprint density at radius 2 is 2.00 bits per heavy atom. The van der Waals surface area contributed by atoms with Crippen LogP contribution >= 0.6 is 0 Å². The normalized spacial score (nSPS) is 38.4. The van der Waals surface area contributed by atoms with Gasteiger partial charge in [-0.05, 0) is 20.3 Å². The lowest BCUT2D eigenvalue weighted by atomic mass is 9.75. The van der Waals surface area contributed by atoms with Gasteiger partial charge in [0.2, 0.25) is 0 Å². The first-order chi connectivity index (χ1) is 4.52. The summed E-state index contributed by atoms with van der Waals surface area (Å²) in [4.78, 5) is 0. The zero-order chi connectivity index (χ0) is 7.83. The Morgan fingerprint density at radius 1 is 1.40 bits per heavy atom. The Bertz CT molecular complexity index is 133. The monoisotopic (exact) mass is 143 g/mol. The van der Waals surface area contributed by atoms with E-state index in [2.05, 4.69) is 20.8 Å². The van der Waals surface area contributed by atoms with Gasteiger partial charge in [0.25, 0.3) is 0 Å². The van der Waals surface area contributed by atoms with Gasteiger partial charge in [-0.1, -0.05) is 6.92 Å². The highest BCUT2D eigenvalue weighted by molar-refractivity contribution is 4.95. The predicted octanol–water partition coefficient (Wildman–Crippen LogP) is 1.15. The van der Waals surface area contributed by atoms with E-state index >= 15 is 0 Å². The Kier molecular flexibility index (Phi) is 1.77. The van der Waals surface area contributed by atoms with Crippen LogP contribution in [0.2, 0.25) is 0 Å². The molecular formula is C8H17NO. The number of rotatable bonds is 1. The van der Waals surface area contributed by atoms with Gasteiger partial charge in [-0.25, -0.2) is 0 Å². The summed E-state index contributed by atoms with van der Waals surface area (Å²) in [5, 5.41) is 0. The van der Waals surface area contributed by atoms with Crippen molar-refractivity contribution in [3.05, 3.63) is 0 Å². The molecule has 1 rings (SSSR count). The summed E-state index contributed by atoms with van der Waals surface area (Å²) in [6.45, 7) is 8.01. The van der Waals surface area contributed by atoms with Crippen LogP contribution in [0.1, 0.15) is 27.2 Å². The van der Waals surface area contributed by atoms with Crippen LogP contribution in [0.25, 0.3) is 0 Å². The van der Waals surface area contributed by atoms with Crippen LogP contribution in [0.5, 0.6) is 0 Å². The summed E-state index contributed by atoms with van der Waals surface area (Å²) in [5.41, 5.74) is 5.83. The van der Waals surface area contributed by atoms with E-state index in [1.54, 1.807) is 0 Å². The van der Waals surface area contributed by atoms with E-state index in [4.69, 9.17) is 10.5 Å². The molecule has 2 nitrogen and oxygen atoms in total. The molecule has 1 heterocycles. The molecule has 0 radical (unpaired) electrons. The first kappa shape index (κ1) is 8.02. The second-order valence-electron chi connectivity index (χ2n) is 3.87. The molecule has 0 aromatic heterocycles. The summed E-state index contributed by atoms with van der Waals surface area (Å²) in [7, 11) is 0. The lowest BCUT2D eigenvalue weighted by molar-refractivity contribution is -0.0219. The van der Waals surface area contributed by atoms with Crippen molar-refractivity contribution in [1.29, 1.82) is 0 Å². The average molecular weight is 143 g/mol. The van der Waals surface area contributed by atoms with E-state index in [0.29, 0.717) is 0 Å². The highest BCUT2D eigenvalue weighted by Crippen LogP contribution is 2.41. The van der Waals surface area contributed by atoms with Crippen LogP contribution in [0.3, 0.4) is 0 Å². The van der Waals surface area contributed by atoms with Crippen LogP contribution in [-0.4, -0.2) is 18.8 Å². The minimum atomic E-state index is -0.0260. The molecule has 0 unspecified atom stereocenters. The van der Waals surface area contributed by atoms with E-state index in [1.807, 2.05) is 0 Å². The van der Waals surface area contributed by atoms with Crippen LogP contribution in [0.15, 0.2) is 0 Å². The molecule has 1 saturated heterocycles. The largest absolute Gasteiger partial charge is 0.375 e. The molecule has 60 valence electrons. The van der Waals surface area contributed by atoms with Crippen LogP contribution in [-0.2, 0) is 4.74 Å². The maximum Gasteiger partial charge on any atom is 0.0692 e. The van der Waals surface area contributed by atoms with Crippen molar-refractivity contribution in [3.63, 3.8) is 0 Å². The first-order valence-corrected chi connectivity index (χ1v) is 3.86. The lowest BCUT2D eigenvalue weighted by Gasteiger charge is -2.35. The van der Waals surface area contributed by atoms with Gasteiger partial charge in [-0.2, -0.15) is 0 Å². The molecule has 2 heteroatoms. The van der Waals surface area contributed by atoms with Gasteiger partial charge >= 0.3 is 0 Å². The smallest absolute Gasteiger partial charge is 0.0692 e. The van der Waals surface area contributed by atoms with Crippen molar-refractivity contribution in [2.75, 3.05) is 13.2 Å². The first-order valence-electron chi connectivity index (χ1n) is 3.86. The maximum atomic E-state index is 5.66. The maximum absolute atomic E-state index is 5.66. The van der Waals surface area contributed by atoms with Gasteiger partial charge in [-0.15, -0.1) is 0 Å². The van der Waals surface area contributed by atoms with E-state index in [1.165, 1.54) is 0 Å². The molecule has 0 aromatic rings. The molecule has 0 aliphatic carbocycles. The summed E-state index contributed by atoms with van der Waals surface area (Å²) in [5.74, 6) is 0. The Balaban J connectivity index is 2.76. The molecule has 1 aliphatic heterocycles. The fourth-order valence-electron chi connectivity index (χ4n) is 1.35. The topological polar surface area (TPSA) is 35.2 Å². The van der Waals surface area contributed by atoms with Gasteiger partial charge in [0.05, 0.1) is 5.60 Å². The minimum Gasteiger partial charge on any atom is -0.375 e. The molecule has 1 fully saturated rings. The average Bonchev–Trinajstić information content (AvgIpc) is 2.10. The summed E-state index contributed by atoms with van der Waals surface area (Å²) >= 11 is 0. The highest BCUT2D eigenvalue weighted by atomic mass is 16.5. The molecular weight excluding hydrogens is 126 g/mol. The SMILES string of the molecule is CC1(C)OCC[C@@]1(C)CN. The van der Waals surface area contributed by atoms with Gasteiger partial charge in [-0.3, -0.25) is 0 Å². The quantitative estimate of drug-likeness (QED) is 0.597. The van der Waals surface area contributed by atoms with E-state index < -0.39 is 0 Å². The Hall–Kier alpha value is -0.0800. The summed E-state index contributed by atoms with van der Waals surface area (Å²) in [6.07, 6.45) is 1.09. The molecule has 0 bridgehead atoms. The summed E-state index contributed by atoms with van der Waals surface area (Å²) in [6, 6.07) is 0. The second-order valence-corrected chi connectivity index (χ2v) is 3.87. The number of hydrogen-bond acceptors (Lipinski definition) is 2. The van der Waals surface area contributed by atoms with Crippen LogP contribution < -0.4 is 5.73 Å². The molecule has 0 amide bonds. The molecule has 0 spiro atoms. The van der Waals surface area contributed by atoms with Gasteiger partial charge in [0.1, 0.15) is 0 Å². The summed E-state index contributed by atoms with van der Waals surface area (Å²) < 4.78 is 5.57. The number of hydrogen-bond donors (Lipinski definition) is 1. The van der Waals surface area contributed by atoms with E-state index in [9.17, 15) is 0 Å². The fourth-order valence-corrected chi connectivity index (χ4v) is 1.35. The van der Waals surface area contributed by atoms with Crippen molar-refractivity contribution in [1.82, 2.24) is 0 Å². The van der Waals surface area contributed by atoms with Crippen molar-refractivity contribution in [2.45, 2.75) is 32.8 Å². The van der Waals surface area contributed by atoms with E-state index in [0.717, 1.165) is 19.6 Å². The molecule has 10 heavy (non-hydrogen) atoms. The fraction of sp³-hybridized carbons (Fsp3) is 1.00. The van der Waals surface area contributed by atoms with Crippen molar-refractivity contribution < 1.29 is 4.74 Å². The predicted molar refractivity (Wildman–Crippen MR) is 41.8 cm³/mol. The van der Waals surface area contributed by atoms with Gasteiger partial charge in [0, 0.05) is 18.6 Å². The second kappa shape index (κ2) is 2.21. The van der Waals surface area contributed by atoms with Gasteiger partial charge in [0.15, 0.2) is 0 Å². The third-order valence-corrected chi connectivity index (χ3v) is 3.02. The highest BCUT2D eigenvalue weighted by Gasteiger charge is 2.45. The third-order valence-electron chi connectivity index (χ3n) is 3.02. The molecule has 1 aliphatic rings. The van der Waals surface area contributed by atoms with Crippen LogP contribution in [0.4, 0.5) is 0 Å². The zero-order valence-electron chi connectivity index (χ0n) is 7.11. The third kappa shape index (κ3) is 0.956.